The van der Waals surface area contributed by atoms with Crippen molar-refractivity contribution in [1.82, 2.24) is 4.98 Å². The van der Waals surface area contributed by atoms with Crippen molar-refractivity contribution in [1.29, 1.82) is 0 Å². The van der Waals surface area contributed by atoms with Crippen molar-refractivity contribution in [3.63, 3.8) is 0 Å². The molecule has 0 unspecified atom stereocenters. The minimum absolute atomic E-state index is 0.185. The van der Waals surface area contributed by atoms with E-state index in [1.807, 2.05) is 30.3 Å². The van der Waals surface area contributed by atoms with Crippen LogP contribution >= 0.6 is 15.9 Å². The van der Waals surface area contributed by atoms with Crippen molar-refractivity contribution in [3.8, 4) is 0 Å². The molecule has 1 aromatic carbocycles. The van der Waals surface area contributed by atoms with E-state index in [0.29, 0.717) is 16.6 Å². The molecule has 0 aliphatic heterocycles. The van der Waals surface area contributed by atoms with E-state index in [4.69, 9.17) is 4.74 Å². The van der Waals surface area contributed by atoms with Crippen LogP contribution in [0.2, 0.25) is 0 Å². The van der Waals surface area contributed by atoms with E-state index in [9.17, 15) is 9.59 Å². The Morgan fingerprint density at radius 1 is 1.25 bits per heavy atom. The number of aromatic nitrogens is 1. The van der Waals surface area contributed by atoms with Crippen LogP contribution in [0, 0.1) is 0 Å². The van der Waals surface area contributed by atoms with Gasteiger partial charge in [0.2, 0.25) is 0 Å². The average molecular weight is 335 g/mol. The van der Waals surface area contributed by atoms with Gasteiger partial charge in [0.05, 0.1) is 5.69 Å². The number of nitrogens with zero attached hydrogens (tertiary/aromatic N) is 1. The van der Waals surface area contributed by atoms with Crippen molar-refractivity contribution in [2.75, 3.05) is 5.32 Å². The average Bonchev–Trinajstić information content (AvgIpc) is 2.48. The van der Waals surface area contributed by atoms with E-state index in [1.165, 1.54) is 6.07 Å². The van der Waals surface area contributed by atoms with Gasteiger partial charge < -0.3 is 4.74 Å². The third-order valence-corrected chi connectivity index (χ3v) is 3.04. The minimum Gasteiger partial charge on any atom is -0.444 e. The minimum atomic E-state index is -0.588. The zero-order valence-corrected chi connectivity index (χ0v) is 12.0. The molecule has 0 aliphatic rings. The van der Waals surface area contributed by atoms with Gasteiger partial charge in [-0.2, -0.15) is 0 Å². The van der Waals surface area contributed by atoms with Gasteiger partial charge in [-0.3, -0.25) is 10.1 Å². The monoisotopic (exact) mass is 334 g/mol. The number of rotatable bonds is 4. The molecule has 0 aliphatic carbocycles. The van der Waals surface area contributed by atoms with Crippen LogP contribution in [0.25, 0.3) is 0 Å². The molecule has 20 heavy (non-hydrogen) atoms. The maximum Gasteiger partial charge on any atom is 0.412 e. The van der Waals surface area contributed by atoms with Crippen LogP contribution in [-0.4, -0.2) is 17.4 Å². The molecule has 0 spiro atoms. The van der Waals surface area contributed by atoms with E-state index >= 15 is 0 Å². The maximum absolute atomic E-state index is 11.6. The second kappa shape index (κ2) is 6.81. The predicted molar refractivity (Wildman–Crippen MR) is 77.6 cm³/mol. The van der Waals surface area contributed by atoms with Crippen LogP contribution in [0.5, 0.6) is 0 Å². The molecule has 1 N–H and O–H groups in total. The fraction of sp³-hybridized carbons (Fsp3) is 0.0714. The first-order valence-corrected chi connectivity index (χ1v) is 6.58. The second-order valence-corrected chi connectivity index (χ2v) is 4.63. The Morgan fingerprint density at radius 3 is 2.65 bits per heavy atom. The number of ether oxygens (including phenoxy) is 1. The van der Waals surface area contributed by atoms with E-state index in [-0.39, 0.29) is 12.3 Å². The van der Waals surface area contributed by atoms with Gasteiger partial charge in [-0.05, 0) is 33.6 Å². The van der Waals surface area contributed by atoms with Gasteiger partial charge in [-0.1, -0.05) is 30.3 Å². The van der Waals surface area contributed by atoms with Gasteiger partial charge >= 0.3 is 6.09 Å². The predicted octanol–water partition coefficient (Wildman–Crippen LogP) is 3.41. The maximum atomic E-state index is 11.6. The first-order chi connectivity index (χ1) is 9.69. The second-order valence-electron chi connectivity index (χ2n) is 3.88. The SMILES string of the molecule is O=Cc1ccc(NC(=O)OCc2ccccc2)c(Br)n1. The van der Waals surface area contributed by atoms with Gasteiger partial charge in [0.25, 0.3) is 0 Å². The highest BCUT2D eigenvalue weighted by molar-refractivity contribution is 9.10. The Balaban J connectivity index is 1.93. The summed E-state index contributed by atoms with van der Waals surface area (Å²) in [5.41, 5.74) is 1.62. The third kappa shape index (κ3) is 3.89. The smallest absolute Gasteiger partial charge is 0.412 e. The lowest BCUT2D eigenvalue weighted by Gasteiger charge is -2.08. The largest absolute Gasteiger partial charge is 0.444 e. The van der Waals surface area contributed by atoms with Crippen LogP contribution in [0.1, 0.15) is 16.1 Å². The molecule has 1 amide bonds. The highest BCUT2D eigenvalue weighted by Crippen LogP contribution is 2.20. The molecule has 5 nitrogen and oxygen atoms in total. The van der Waals surface area contributed by atoms with E-state index in [0.717, 1.165) is 5.56 Å². The molecular formula is C14H11BrN2O3. The summed E-state index contributed by atoms with van der Waals surface area (Å²) in [7, 11) is 0. The zero-order valence-electron chi connectivity index (χ0n) is 10.4. The first-order valence-electron chi connectivity index (χ1n) is 5.78. The fourth-order valence-corrected chi connectivity index (χ4v) is 1.91. The number of anilines is 1. The lowest BCUT2D eigenvalue weighted by atomic mass is 10.2. The molecule has 0 fully saturated rings. The Morgan fingerprint density at radius 2 is 2.00 bits per heavy atom. The van der Waals surface area contributed by atoms with E-state index in [2.05, 4.69) is 26.2 Å². The Kier molecular flexibility index (Phi) is 4.84. The lowest BCUT2D eigenvalue weighted by molar-refractivity contribution is 0.111. The van der Waals surface area contributed by atoms with Crippen molar-refractivity contribution >= 4 is 34.0 Å². The third-order valence-electron chi connectivity index (χ3n) is 2.44. The van der Waals surface area contributed by atoms with Crippen LogP contribution in [0.4, 0.5) is 10.5 Å². The van der Waals surface area contributed by atoms with E-state index in [1.54, 1.807) is 6.07 Å². The van der Waals surface area contributed by atoms with Crippen LogP contribution in [0.15, 0.2) is 47.1 Å². The summed E-state index contributed by atoms with van der Waals surface area (Å²) in [5.74, 6) is 0. The molecule has 0 atom stereocenters. The van der Waals surface area contributed by atoms with Crippen LogP contribution < -0.4 is 5.32 Å². The number of nitrogens with one attached hydrogen (secondary N) is 1. The summed E-state index contributed by atoms with van der Waals surface area (Å²) in [6, 6.07) is 12.4. The molecule has 2 aromatic rings. The standard InChI is InChI=1S/C14H11BrN2O3/c15-13-12(7-6-11(8-18)16-13)17-14(19)20-9-10-4-2-1-3-5-10/h1-8H,9H2,(H,17,19). The highest BCUT2D eigenvalue weighted by atomic mass is 79.9. The highest BCUT2D eigenvalue weighted by Gasteiger charge is 2.08. The van der Waals surface area contributed by atoms with Gasteiger partial charge in [-0.25, -0.2) is 9.78 Å². The van der Waals surface area contributed by atoms with Gasteiger partial charge in [0, 0.05) is 0 Å². The number of benzene rings is 1. The van der Waals surface area contributed by atoms with Crippen molar-refractivity contribution in [2.24, 2.45) is 0 Å². The number of hydrogen-bond donors (Lipinski definition) is 1. The Bertz CT molecular complexity index is 617. The molecular weight excluding hydrogens is 324 g/mol. The fourth-order valence-electron chi connectivity index (χ4n) is 1.48. The molecule has 1 heterocycles. The molecule has 102 valence electrons. The summed E-state index contributed by atoms with van der Waals surface area (Å²) in [5, 5.41) is 2.55. The van der Waals surface area contributed by atoms with Gasteiger partial charge in [0.1, 0.15) is 16.9 Å². The number of carbonyl (C=O) groups is 2. The number of pyridine rings is 1. The van der Waals surface area contributed by atoms with Crippen molar-refractivity contribution in [2.45, 2.75) is 6.61 Å². The van der Waals surface area contributed by atoms with Gasteiger partial charge in [0.15, 0.2) is 6.29 Å². The quantitative estimate of drug-likeness (QED) is 0.687. The van der Waals surface area contributed by atoms with Crippen LogP contribution in [-0.2, 0) is 11.3 Å². The molecule has 0 saturated heterocycles. The zero-order chi connectivity index (χ0) is 14.4. The lowest BCUT2D eigenvalue weighted by Crippen LogP contribution is -2.14. The molecule has 0 bridgehead atoms. The summed E-state index contributed by atoms with van der Waals surface area (Å²) in [4.78, 5) is 26.1. The molecule has 0 saturated carbocycles. The molecule has 6 heteroatoms. The number of carbonyl (C=O) groups excluding carboxylic acids is 2. The summed E-state index contributed by atoms with van der Waals surface area (Å²) in [6.07, 6.45) is 0.0395. The topological polar surface area (TPSA) is 68.3 Å². The summed E-state index contributed by atoms with van der Waals surface area (Å²) < 4.78 is 5.45. The van der Waals surface area contributed by atoms with Crippen molar-refractivity contribution in [3.05, 3.63) is 58.3 Å². The Hall–Kier alpha value is -2.21. The number of halogens is 1. The molecule has 2 rings (SSSR count). The number of hydrogen-bond acceptors (Lipinski definition) is 4. The van der Waals surface area contributed by atoms with Crippen LogP contribution in [0.3, 0.4) is 0 Å². The van der Waals surface area contributed by atoms with E-state index < -0.39 is 6.09 Å². The summed E-state index contributed by atoms with van der Waals surface area (Å²) >= 11 is 3.17. The Labute approximate surface area is 124 Å². The number of aldehydes is 1. The first kappa shape index (κ1) is 14.2. The van der Waals surface area contributed by atoms with Gasteiger partial charge in [-0.15, -0.1) is 0 Å². The van der Waals surface area contributed by atoms with Crippen molar-refractivity contribution < 1.29 is 14.3 Å². The normalized spacial score (nSPS) is 9.85. The molecule has 1 aromatic heterocycles. The summed E-state index contributed by atoms with van der Waals surface area (Å²) in [6.45, 7) is 0.185. The number of amides is 1. The molecule has 0 radical (unpaired) electrons.